The lowest BCUT2D eigenvalue weighted by Gasteiger charge is -2.31. The minimum absolute atomic E-state index is 0.212. The zero-order valence-corrected chi connectivity index (χ0v) is 13.0. The van der Waals surface area contributed by atoms with Gasteiger partial charge in [0.1, 0.15) is 0 Å². The minimum atomic E-state index is 0.212. The van der Waals surface area contributed by atoms with Crippen LogP contribution in [0.3, 0.4) is 0 Å². The third-order valence-corrected chi connectivity index (χ3v) is 5.66. The smallest absolute Gasteiger partial charge is 0.0531 e. The van der Waals surface area contributed by atoms with E-state index < -0.39 is 0 Å². The Bertz CT molecular complexity index is 603. The summed E-state index contributed by atoms with van der Waals surface area (Å²) in [4.78, 5) is 1.55. The number of nitrogens with two attached hydrogens (primary N) is 1. The first-order valence-electron chi connectivity index (χ1n) is 7.31. The fourth-order valence-corrected chi connectivity index (χ4v) is 4.40. The van der Waals surface area contributed by atoms with Crippen LogP contribution < -0.4 is 11.3 Å². The van der Waals surface area contributed by atoms with E-state index in [2.05, 4.69) is 48.9 Å². The van der Waals surface area contributed by atoms with Gasteiger partial charge >= 0.3 is 0 Å². The van der Waals surface area contributed by atoms with Gasteiger partial charge in [0.2, 0.25) is 0 Å². The third kappa shape index (κ3) is 2.30. The van der Waals surface area contributed by atoms with Crippen molar-refractivity contribution < 1.29 is 0 Å². The van der Waals surface area contributed by atoms with Gasteiger partial charge in [-0.3, -0.25) is 11.3 Å². The van der Waals surface area contributed by atoms with E-state index in [9.17, 15) is 0 Å². The second-order valence-corrected chi connectivity index (χ2v) is 6.73. The lowest BCUT2D eigenvalue weighted by atomic mass is 9.79. The van der Waals surface area contributed by atoms with Crippen LogP contribution in [-0.2, 0) is 6.42 Å². The molecule has 0 fully saturated rings. The van der Waals surface area contributed by atoms with Gasteiger partial charge in [0.15, 0.2) is 0 Å². The number of benzene rings is 1. The maximum atomic E-state index is 5.93. The molecule has 0 saturated heterocycles. The Morgan fingerprint density at radius 1 is 1.30 bits per heavy atom. The van der Waals surface area contributed by atoms with Crippen molar-refractivity contribution in [3.05, 3.63) is 56.8 Å². The van der Waals surface area contributed by atoms with Crippen molar-refractivity contribution in [2.45, 2.75) is 45.1 Å². The highest BCUT2D eigenvalue weighted by atomic mass is 32.1. The fourth-order valence-electron chi connectivity index (χ4n) is 3.40. The molecule has 1 aromatic carbocycles. The topological polar surface area (TPSA) is 38.0 Å². The predicted octanol–water partition coefficient (Wildman–Crippen LogP) is 3.99. The van der Waals surface area contributed by atoms with Gasteiger partial charge < -0.3 is 0 Å². The molecule has 0 bridgehead atoms. The Labute approximate surface area is 125 Å². The van der Waals surface area contributed by atoms with Crippen molar-refractivity contribution in [3.8, 4) is 0 Å². The van der Waals surface area contributed by atoms with Gasteiger partial charge in [-0.1, -0.05) is 18.2 Å². The monoisotopic (exact) mass is 286 g/mol. The summed E-state index contributed by atoms with van der Waals surface area (Å²) in [7, 11) is 0. The molecule has 0 saturated carbocycles. The number of nitrogens with one attached hydrogen (secondary N) is 1. The van der Waals surface area contributed by atoms with Gasteiger partial charge in [0.25, 0.3) is 0 Å². The highest BCUT2D eigenvalue weighted by molar-refractivity contribution is 7.10. The van der Waals surface area contributed by atoms with E-state index in [4.69, 9.17) is 5.84 Å². The zero-order valence-electron chi connectivity index (χ0n) is 12.1. The first kappa shape index (κ1) is 13.8. The molecule has 3 rings (SSSR count). The van der Waals surface area contributed by atoms with E-state index in [-0.39, 0.29) is 6.04 Å². The highest BCUT2D eigenvalue weighted by Gasteiger charge is 2.30. The molecular weight excluding hydrogens is 264 g/mol. The Hall–Kier alpha value is -1.16. The lowest BCUT2D eigenvalue weighted by Crippen LogP contribution is -2.34. The van der Waals surface area contributed by atoms with Gasteiger partial charge in [-0.05, 0) is 66.8 Å². The van der Waals surface area contributed by atoms with E-state index in [0.717, 1.165) is 0 Å². The van der Waals surface area contributed by atoms with Gasteiger partial charge in [-0.15, -0.1) is 11.3 Å². The van der Waals surface area contributed by atoms with Gasteiger partial charge in [-0.25, -0.2) is 0 Å². The molecule has 0 spiro atoms. The highest BCUT2D eigenvalue weighted by Crippen LogP contribution is 2.42. The van der Waals surface area contributed by atoms with Crippen LogP contribution in [0.25, 0.3) is 0 Å². The maximum Gasteiger partial charge on any atom is 0.0531 e. The molecule has 20 heavy (non-hydrogen) atoms. The van der Waals surface area contributed by atoms with Crippen LogP contribution in [0.4, 0.5) is 0 Å². The molecule has 1 aromatic heterocycles. The zero-order chi connectivity index (χ0) is 14.1. The average molecular weight is 286 g/mol. The summed E-state index contributed by atoms with van der Waals surface area (Å²) in [5, 5.41) is 2.22. The number of fused-ring (bicyclic) bond motifs is 1. The molecule has 0 amide bonds. The van der Waals surface area contributed by atoms with Gasteiger partial charge in [0.05, 0.1) is 6.04 Å². The van der Waals surface area contributed by atoms with E-state index in [1.54, 1.807) is 4.88 Å². The van der Waals surface area contributed by atoms with Crippen LogP contribution in [0.1, 0.15) is 51.9 Å². The van der Waals surface area contributed by atoms with Gasteiger partial charge in [0, 0.05) is 10.8 Å². The normalized spacial score (nSPS) is 19.6. The Balaban J connectivity index is 2.02. The number of aryl methyl sites for hydroxylation is 2. The molecule has 1 aliphatic carbocycles. The molecule has 1 heterocycles. The van der Waals surface area contributed by atoms with E-state index in [1.165, 1.54) is 41.5 Å². The van der Waals surface area contributed by atoms with Crippen LogP contribution in [-0.4, -0.2) is 0 Å². The largest absolute Gasteiger partial charge is 0.271 e. The van der Waals surface area contributed by atoms with Crippen LogP contribution in [0, 0.1) is 13.8 Å². The second-order valence-electron chi connectivity index (χ2n) is 5.73. The van der Waals surface area contributed by atoms with Gasteiger partial charge in [-0.2, -0.15) is 0 Å². The maximum absolute atomic E-state index is 5.93. The summed E-state index contributed by atoms with van der Waals surface area (Å²) in [6, 6.07) is 9.03. The van der Waals surface area contributed by atoms with E-state index >= 15 is 0 Å². The Kier molecular flexibility index (Phi) is 3.92. The number of thiophene rings is 1. The number of hydrogen-bond donors (Lipinski definition) is 2. The molecule has 2 atom stereocenters. The van der Waals surface area contributed by atoms with Crippen molar-refractivity contribution in [2.75, 3.05) is 0 Å². The van der Waals surface area contributed by atoms with Crippen LogP contribution in [0.5, 0.6) is 0 Å². The summed E-state index contributed by atoms with van der Waals surface area (Å²) < 4.78 is 0. The lowest BCUT2D eigenvalue weighted by molar-refractivity contribution is 0.409. The van der Waals surface area contributed by atoms with Crippen LogP contribution in [0.15, 0.2) is 29.6 Å². The summed E-state index contributed by atoms with van der Waals surface area (Å²) in [6.45, 7) is 4.37. The van der Waals surface area contributed by atoms with Crippen molar-refractivity contribution in [1.29, 1.82) is 0 Å². The summed E-state index contributed by atoms with van der Waals surface area (Å²) in [5.41, 5.74) is 8.64. The SMILES string of the molecule is Cc1cccc(C(NN)C2CCCc3sccc32)c1C. The van der Waals surface area contributed by atoms with Crippen molar-refractivity contribution in [1.82, 2.24) is 5.43 Å². The average Bonchev–Trinajstić information content (AvgIpc) is 2.93. The van der Waals surface area contributed by atoms with E-state index in [1.807, 2.05) is 11.3 Å². The molecule has 106 valence electrons. The van der Waals surface area contributed by atoms with Crippen molar-refractivity contribution in [2.24, 2.45) is 5.84 Å². The van der Waals surface area contributed by atoms with Crippen LogP contribution in [0.2, 0.25) is 0 Å². The van der Waals surface area contributed by atoms with Crippen molar-refractivity contribution in [3.63, 3.8) is 0 Å². The molecule has 0 aliphatic heterocycles. The first-order chi connectivity index (χ1) is 9.72. The van der Waals surface area contributed by atoms with Crippen molar-refractivity contribution >= 4 is 11.3 Å². The summed E-state index contributed by atoms with van der Waals surface area (Å²) >= 11 is 1.89. The first-order valence-corrected chi connectivity index (χ1v) is 8.19. The minimum Gasteiger partial charge on any atom is -0.271 e. The molecule has 3 N–H and O–H groups in total. The fraction of sp³-hybridized carbons (Fsp3) is 0.412. The quantitative estimate of drug-likeness (QED) is 0.661. The Morgan fingerprint density at radius 3 is 2.95 bits per heavy atom. The molecule has 1 aliphatic rings. The number of rotatable bonds is 3. The molecule has 0 radical (unpaired) electrons. The molecule has 2 unspecified atom stereocenters. The summed E-state index contributed by atoms with van der Waals surface area (Å²) in [6.07, 6.45) is 3.71. The molecule has 2 aromatic rings. The van der Waals surface area contributed by atoms with E-state index in [0.29, 0.717) is 5.92 Å². The number of hydrazine groups is 1. The molecule has 2 nitrogen and oxygen atoms in total. The predicted molar refractivity (Wildman–Crippen MR) is 86.0 cm³/mol. The standard InChI is InChI=1S/C17H22N2S/c1-11-5-3-6-13(12(11)2)17(19-18)15-7-4-8-16-14(15)9-10-20-16/h3,5-6,9-10,15,17,19H,4,7-8,18H2,1-2H3. The Morgan fingerprint density at radius 2 is 2.15 bits per heavy atom. The molecule has 3 heteroatoms. The third-order valence-electron chi connectivity index (χ3n) is 4.66. The van der Waals surface area contributed by atoms with Crippen LogP contribution >= 0.6 is 11.3 Å². The molecular formula is C17H22N2S. The second kappa shape index (κ2) is 5.68. The number of hydrogen-bond acceptors (Lipinski definition) is 3. The summed E-state index contributed by atoms with van der Waals surface area (Å²) in [5.74, 6) is 6.43.